The third kappa shape index (κ3) is 2.24. The number of ether oxygens (including phenoxy) is 1. The molecule has 98 valence electrons. The number of rotatable bonds is 2. The molecule has 0 amide bonds. The van der Waals surface area contributed by atoms with Crippen LogP contribution in [0.4, 0.5) is 5.69 Å². The van der Waals surface area contributed by atoms with Gasteiger partial charge in [-0.25, -0.2) is 4.79 Å². The summed E-state index contributed by atoms with van der Waals surface area (Å²) in [5, 5.41) is 3.42. The Balaban J connectivity index is 2.06. The zero-order chi connectivity index (χ0) is 13.2. The molecular formula is C15H15NO2S. The Labute approximate surface area is 116 Å². The van der Waals surface area contributed by atoms with Crippen LogP contribution in [-0.4, -0.2) is 19.1 Å². The summed E-state index contributed by atoms with van der Waals surface area (Å²) in [6.45, 7) is 3.14. The van der Waals surface area contributed by atoms with E-state index in [2.05, 4.69) is 17.4 Å². The molecule has 0 bridgehead atoms. The second kappa shape index (κ2) is 5.05. The highest BCUT2D eigenvalue weighted by Gasteiger charge is 2.20. The number of thiophene rings is 1. The SMILES string of the molecule is CCOC(=O)c1cc2c(s1)-c1ccccc1NCC2. The van der Waals surface area contributed by atoms with Crippen molar-refractivity contribution in [1.82, 2.24) is 0 Å². The number of carbonyl (C=O) groups excluding carboxylic acids is 1. The molecule has 3 nitrogen and oxygen atoms in total. The van der Waals surface area contributed by atoms with Gasteiger partial charge in [-0.1, -0.05) is 18.2 Å². The van der Waals surface area contributed by atoms with Crippen molar-refractivity contribution >= 4 is 23.0 Å². The highest BCUT2D eigenvalue weighted by Crippen LogP contribution is 2.39. The lowest BCUT2D eigenvalue weighted by atomic mass is 10.1. The minimum absolute atomic E-state index is 0.217. The molecule has 1 N–H and O–H groups in total. The monoisotopic (exact) mass is 273 g/mol. The van der Waals surface area contributed by atoms with Crippen LogP contribution in [0.5, 0.6) is 0 Å². The first kappa shape index (κ1) is 12.2. The fraction of sp³-hybridized carbons (Fsp3) is 0.267. The molecule has 3 rings (SSSR count). The number of nitrogens with one attached hydrogen (secondary N) is 1. The number of hydrogen-bond acceptors (Lipinski definition) is 4. The lowest BCUT2D eigenvalue weighted by Crippen LogP contribution is -2.03. The quantitative estimate of drug-likeness (QED) is 0.850. The Morgan fingerprint density at radius 2 is 2.26 bits per heavy atom. The summed E-state index contributed by atoms with van der Waals surface area (Å²) in [5.41, 5.74) is 3.54. The van der Waals surface area contributed by atoms with Gasteiger partial charge in [-0.2, -0.15) is 0 Å². The summed E-state index contributed by atoms with van der Waals surface area (Å²) < 4.78 is 5.08. The van der Waals surface area contributed by atoms with E-state index >= 15 is 0 Å². The molecule has 0 radical (unpaired) electrons. The molecular weight excluding hydrogens is 258 g/mol. The Morgan fingerprint density at radius 1 is 1.42 bits per heavy atom. The van der Waals surface area contributed by atoms with Crippen LogP contribution in [0.3, 0.4) is 0 Å². The average molecular weight is 273 g/mol. The largest absolute Gasteiger partial charge is 0.462 e. The lowest BCUT2D eigenvalue weighted by Gasteiger charge is -2.06. The summed E-state index contributed by atoms with van der Waals surface area (Å²) in [7, 11) is 0. The van der Waals surface area contributed by atoms with Gasteiger partial charge in [0.1, 0.15) is 4.88 Å². The average Bonchev–Trinajstić information content (AvgIpc) is 2.77. The summed E-state index contributed by atoms with van der Waals surface area (Å²) >= 11 is 1.52. The van der Waals surface area contributed by atoms with E-state index in [0.717, 1.165) is 18.7 Å². The number of para-hydroxylation sites is 1. The van der Waals surface area contributed by atoms with Crippen molar-refractivity contribution in [2.24, 2.45) is 0 Å². The van der Waals surface area contributed by atoms with E-state index in [1.165, 1.54) is 27.3 Å². The molecule has 1 aromatic heterocycles. The molecule has 19 heavy (non-hydrogen) atoms. The molecule has 1 aromatic carbocycles. The van der Waals surface area contributed by atoms with E-state index in [0.29, 0.717) is 11.5 Å². The molecule has 0 saturated heterocycles. The van der Waals surface area contributed by atoms with Crippen molar-refractivity contribution in [3.05, 3.63) is 40.8 Å². The second-order valence-electron chi connectivity index (χ2n) is 4.41. The smallest absolute Gasteiger partial charge is 0.348 e. The molecule has 4 heteroatoms. The van der Waals surface area contributed by atoms with Crippen molar-refractivity contribution in [2.75, 3.05) is 18.5 Å². The van der Waals surface area contributed by atoms with E-state index in [1.807, 2.05) is 25.1 Å². The van der Waals surface area contributed by atoms with Gasteiger partial charge in [0, 0.05) is 22.7 Å². The number of carbonyl (C=O) groups is 1. The Hall–Kier alpha value is -1.81. The van der Waals surface area contributed by atoms with Gasteiger partial charge >= 0.3 is 5.97 Å². The van der Waals surface area contributed by atoms with Crippen LogP contribution in [0.25, 0.3) is 10.4 Å². The van der Waals surface area contributed by atoms with Gasteiger partial charge in [0.05, 0.1) is 6.61 Å². The summed E-state index contributed by atoms with van der Waals surface area (Å²) in [4.78, 5) is 13.7. The molecule has 2 heterocycles. The van der Waals surface area contributed by atoms with Crippen LogP contribution in [0.15, 0.2) is 30.3 Å². The van der Waals surface area contributed by atoms with Crippen LogP contribution in [0, 0.1) is 0 Å². The van der Waals surface area contributed by atoms with E-state index in [-0.39, 0.29) is 5.97 Å². The van der Waals surface area contributed by atoms with E-state index in [1.54, 1.807) is 0 Å². The number of anilines is 1. The van der Waals surface area contributed by atoms with Crippen molar-refractivity contribution < 1.29 is 9.53 Å². The molecule has 0 unspecified atom stereocenters. The van der Waals surface area contributed by atoms with Gasteiger partial charge in [0.15, 0.2) is 0 Å². The van der Waals surface area contributed by atoms with Crippen molar-refractivity contribution in [3.63, 3.8) is 0 Å². The second-order valence-corrected chi connectivity index (χ2v) is 5.46. The third-order valence-electron chi connectivity index (χ3n) is 3.17. The lowest BCUT2D eigenvalue weighted by molar-refractivity contribution is 0.0532. The van der Waals surface area contributed by atoms with Crippen LogP contribution >= 0.6 is 11.3 Å². The first-order valence-corrected chi connectivity index (χ1v) is 7.24. The number of esters is 1. The van der Waals surface area contributed by atoms with Crippen LogP contribution in [0.2, 0.25) is 0 Å². The summed E-state index contributed by atoms with van der Waals surface area (Å²) in [6, 6.07) is 10.2. The first-order valence-electron chi connectivity index (χ1n) is 6.42. The molecule has 0 saturated carbocycles. The topological polar surface area (TPSA) is 38.3 Å². The number of benzene rings is 1. The fourth-order valence-electron chi connectivity index (χ4n) is 2.31. The Kier molecular flexibility index (Phi) is 3.25. The summed E-state index contributed by atoms with van der Waals surface area (Å²) in [5.74, 6) is -0.217. The Bertz CT molecular complexity index is 618. The number of fused-ring (bicyclic) bond motifs is 3. The maximum Gasteiger partial charge on any atom is 0.348 e. The van der Waals surface area contributed by atoms with Crippen molar-refractivity contribution in [2.45, 2.75) is 13.3 Å². The third-order valence-corrected chi connectivity index (χ3v) is 4.36. The first-order chi connectivity index (χ1) is 9.29. The standard InChI is InChI=1S/C15H15NO2S/c1-2-18-15(17)13-9-10-7-8-16-12-6-4-3-5-11(12)14(10)19-13/h3-6,9,16H,2,7-8H2,1H3. The van der Waals surface area contributed by atoms with E-state index in [4.69, 9.17) is 4.74 Å². The van der Waals surface area contributed by atoms with Crippen molar-refractivity contribution in [1.29, 1.82) is 0 Å². The molecule has 0 atom stereocenters. The highest BCUT2D eigenvalue weighted by atomic mass is 32.1. The minimum atomic E-state index is -0.217. The van der Waals surface area contributed by atoms with Gasteiger partial charge in [0.2, 0.25) is 0 Å². The van der Waals surface area contributed by atoms with Crippen LogP contribution < -0.4 is 5.32 Å². The minimum Gasteiger partial charge on any atom is -0.462 e. The predicted octanol–water partition coefficient (Wildman–Crippen LogP) is 3.56. The normalized spacial score (nSPS) is 12.9. The Morgan fingerprint density at radius 3 is 3.11 bits per heavy atom. The molecule has 1 aliphatic heterocycles. The van der Waals surface area contributed by atoms with Crippen LogP contribution in [0.1, 0.15) is 22.2 Å². The van der Waals surface area contributed by atoms with Gasteiger partial charge in [-0.15, -0.1) is 11.3 Å². The molecule has 1 aliphatic rings. The predicted molar refractivity (Wildman–Crippen MR) is 77.9 cm³/mol. The number of hydrogen-bond donors (Lipinski definition) is 1. The fourth-order valence-corrected chi connectivity index (χ4v) is 3.46. The van der Waals surface area contributed by atoms with Crippen molar-refractivity contribution in [3.8, 4) is 10.4 Å². The molecule has 0 spiro atoms. The van der Waals surface area contributed by atoms with E-state index < -0.39 is 0 Å². The molecule has 0 fully saturated rings. The highest BCUT2D eigenvalue weighted by molar-refractivity contribution is 7.17. The van der Waals surface area contributed by atoms with Crippen LogP contribution in [-0.2, 0) is 11.2 Å². The molecule has 2 aromatic rings. The van der Waals surface area contributed by atoms with Gasteiger partial charge < -0.3 is 10.1 Å². The van der Waals surface area contributed by atoms with Gasteiger partial charge in [-0.05, 0) is 31.0 Å². The van der Waals surface area contributed by atoms with E-state index in [9.17, 15) is 4.79 Å². The maximum atomic E-state index is 11.8. The summed E-state index contributed by atoms with van der Waals surface area (Å²) in [6.07, 6.45) is 0.930. The maximum absolute atomic E-state index is 11.8. The molecule has 0 aliphatic carbocycles. The zero-order valence-corrected chi connectivity index (χ0v) is 11.5. The van der Waals surface area contributed by atoms with Gasteiger partial charge in [0.25, 0.3) is 0 Å². The zero-order valence-electron chi connectivity index (χ0n) is 10.7. The van der Waals surface area contributed by atoms with Gasteiger partial charge in [-0.3, -0.25) is 0 Å².